The first-order valence-corrected chi connectivity index (χ1v) is 6.27. The zero-order valence-corrected chi connectivity index (χ0v) is 10.9. The molecule has 1 fully saturated rings. The second-order valence-electron chi connectivity index (χ2n) is 4.46. The van der Waals surface area contributed by atoms with Crippen LogP contribution in [0.3, 0.4) is 0 Å². The van der Waals surface area contributed by atoms with Gasteiger partial charge in [0.2, 0.25) is 5.95 Å². The SMILES string of the molecule is Nc1nc2c(ncn2[C@@H]2O[C@H](CO)[C@@H](O)[C@@H]2Cl)c(=O)[nH]1. The highest BCUT2D eigenvalue weighted by molar-refractivity contribution is 6.21. The van der Waals surface area contributed by atoms with Gasteiger partial charge in [-0.2, -0.15) is 4.98 Å². The van der Waals surface area contributed by atoms with Gasteiger partial charge in [0.25, 0.3) is 5.56 Å². The zero-order chi connectivity index (χ0) is 14.4. The molecule has 108 valence electrons. The molecule has 0 bridgehead atoms. The van der Waals surface area contributed by atoms with Crippen molar-refractivity contribution in [2.24, 2.45) is 0 Å². The van der Waals surface area contributed by atoms with Crippen LogP contribution >= 0.6 is 11.6 Å². The smallest absolute Gasteiger partial charge is 0.280 e. The van der Waals surface area contributed by atoms with Crippen molar-refractivity contribution in [2.45, 2.75) is 23.8 Å². The van der Waals surface area contributed by atoms with E-state index >= 15 is 0 Å². The molecule has 0 aliphatic carbocycles. The number of hydrogen-bond donors (Lipinski definition) is 4. The number of nitrogen functional groups attached to an aromatic ring is 1. The summed E-state index contributed by atoms with van der Waals surface area (Å²) in [4.78, 5) is 21.9. The summed E-state index contributed by atoms with van der Waals surface area (Å²) in [6, 6.07) is 0. The number of aliphatic hydroxyl groups excluding tert-OH is 2. The van der Waals surface area contributed by atoms with Crippen LogP contribution in [0.4, 0.5) is 5.95 Å². The van der Waals surface area contributed by atoms with E-state index in [4.69, 9.17) is 27.2 Å². The lowest BCUT2D eigenvalue weighted by Gasteiger charge is -2.15. The van der Waals surface area contributed by atoms with Crippen molar-refractivity contribution in [3.05, 3.63) is 16.7 Å². The number of alkyl halides is 1. The second kappa shape index (κ2) is 4.70. The summed E-state index contributed by atoms with van der Waals surface area (Å²) in [5.74, 6) is -0.0624. The molecule has 9 nitrogen and oxygen atoms in total. The van der Waals surface area contributed by atoms with Crippen LogP contribution in [0.15, 0.2) is 11.1 Å². The molecule has 2 aromatic heterocycles. The summed E-state index contributed by atoms with van der Waals surface area (Å²) in [5, 5.41) is 18.1. The average Bonchev–Trinajstić information content (AvgIpc) is 2.93. The molecule has 4 atom stereocenters. The third-order valence-corrected chi connectivity index (χ3v) is 3.67. The van der Waals surface area contributed by atoms with E-state index in [1.807, 2.05) is 0 Å². The van der Waals surface area contributed by atoms with Crippen molar-refractivity contribution < 1.29 is 14.9 Å². The van der Waals surface area contributed by atoms with Crippen LogP contribution in [0.25, 0.3) is 11.2 Å². The van der Waals surface area contributed by atoms with E-state index < -0.39 is 29.4 Å². The number of halogens is 1. The van der Waals surface area contributed by atoms with Crippen LogP contribution in [0.2, 0.25) is 0 Å². The molecule has 2 aromatic rings. The van der Waals surface area contributed by atoms with E-state index in [2.05, 4.69) is 15.0 Å². The van der Waals surface area contributed by atoms with E-state index in [-0.39, 0.29) is 23.7 Å². The lowest BCUT2D eigenvalue weighted by Crippen LogP contribution is -2.29. The van der Waals surface area contributed by atoms with Crippen molar-refractivity contribution in [3.63, 3.8) is 0 Å². The van der Waals surface area contributed by atoms with E-state index in [9.17, 15) is 9.90 Å². The Bertz CT molecular complexity index is 701. The Morgan fingerprint density at radius 1 is 1.60 bits per heavy atom. The molecule has 20 heavy (non-hydrogen) atoms. The molecule has 1 aliphatic heterocycles. The molecule has 0 radical (unpaired) electrons. The lowest BCUT2D eigenvalue weighted by atomic mass is 10.2. The minimum Gasteiger partial charge on any atom is -0.394 e. The summed E-state index contributed by atoms with van der Waals surface area (Å²) in [5.41, 5.74) is 5.31. The highest BCUT2D eigenvalue weighted by atomic mass is 35.5. The maximum Gasteiger partial charge on any atom is 0.280 e. The maximum absolute atomic E-state index is 11.7. The minimum absolute atomic E-state index is 0.0624. The highest BCUT2D eigenvalue weighted by Gasteiger charge is 2.43. The molecular formula is C10H12ClN5O4. The maximum atomic E-state index is 11.7. The predicted molar refractivity (Wildman–Crippen MR) is 69.2 cm³/mol. The van der Waals surface area contributed by atoms with E-state index in [0.717, 1.165) is 0 Å². The number of imidazole rings is 1. The highest BCUT2D eigenvalue weighted by Crippen LogP contribution is 2.34. The number of nitrogens with one attached hydrogen (secondary N) is 1. The van der Waals surface area contributed by atoms with E-state index in [0.29, 0.717) is 0 Å². The molecule has 0 saturated carbocycles. The number of anilines is 1. The molecule has 3 rings (SSSR count). The van der Waals surface area contributed by atoms with Gasteiger partial charge in [0.1, 0.15) is 17.6 Å². The summed E-state index contributed by atoms with van der Waals surface area (Å²) >= 11 is 6.09. The molecular weight excluding hydrogens is 290 g/mol. The van der Waals surface area contributed by atoms with Crippen molar-refractivity contribution in [2.75, 3.05) is 12.3 Å². The molecule has 3 heterocycles. The van der Waals surface area contributed by atoms with Gasteiger partial charge >= 0.3 is 0 Å². The van der Waals surface area contributed by atoms with Crippen LogP contribution in [-0.4, -0.2) is 53.9 Å². The zero-order valence-electron chi connectivity index (χ0n) is 10.1. The van der Waals surface area contributed by atoms with Gasteiger partial charge < -0.3 is 20.7 Å². The summed E-state index contributed by atoms with van der Waals surface area (Å²) in [6.45, 7) is -0.371. The van der Waals surface area contributed by atoms with Gasteiger partial charge in [-0.15, -0.1) is 11.6 Å². The topological polar surface area (TPSA) is 139 Å². The third kappa shape index (κ3) is 1.86. The summed E-state index contributed by atoms with van der Waals surface area (Å²) in [7, 11) is 0. The number of ether oxygens (including phenoxy) is 1. The van der Waals surface area contributed by atoms with Crippen LogP contribution in [0.1, 0.15) is 6.23 Å². The number of fused-ring (bicyclic) bond motifs is 1. The lowest BCUT2D eigenvalue weighted by molar-refractivity contribution is -0.0431. The molecule has 1 aliphatic rings. The summed E-state index contributed by atoms with van der Waals surface area (Å²) in [6.07, 6.45) is -1.32. The Labute approximate surface area is 117 Å². The van der Waals surface area contributed by atoms with Crippen molar-refractivity contribution in [1.29, 1.82) is 0 Å². The van der Waals surface area contributed by atoms with Gasteiger partial charge in [0, 0.05) is 0 Å². The molecule has 0 unspecified atom stereocenters. The molecule has 0 amide bonds. The number of rotatable bonds is 2. The summed E-state index contributed by atoms with van der Waals surface area (Å²) < 4.78 is 6.88. The Kier molecular flexibility index (Phi) is 3.13. The average molecular weight is 302 g/mol. The Morgan fingerprint density at radius 3 is 3.00 bits per heavy atom. The fraction of sp³-hybridized carbons (Fsp3) is 0.500. The van der Waals surface area contributed by atoms with Crippen molar-refractivity contribution in [3.8, 4) is 0 Å². The Hall–Kier alpha value is -1.68. The van der Waals surface area contributed by atoms with Gasteiger partial charge in [-0.1, -0.05) is 0 Å². The Balaban J connectivity index is 2.09. The second-order valence-corrected chi connectivity index (χ2v) is 4.96. The fourth-order valence-corrected chi connectivity index (χ4v) is 2.55. The third-order valence-electron chi connectivity index (χ3n) is 3.20. The first-order chi connectivity index (χ1) is 9.52. The molecule has 10 heteroatoms. The minimum atomic E-state index is -1.04. The largest absolute Gasteiger partial charge is 0.394 e. The number of aromatic nitrogens is 4. The molecule has 5 N–H and O–H groups in total. The number of H-pyrrole nitrogens is 1. The fourth-order valence-electron chi connectivity index (χ4n) is 2.21. The molecule has 0 aromatic carbocycles. The van der Waals surface area contributed by atoms with Gasteiger partial charge in [-0.05, 0) is 0 Å². The normalized spacial score (nSPS) is 30.1. The number of hydrogen-bond acceptors (Lipinski definition) is 7. The van der Waals surface area contributed by atoms with Gasteiger partial charge in [-0.3, -0.25) is 14.3 Å². The number of nitrogens with two attached hydrogens (primary N) is 1. The van der Waals surface area contributed by atoms with E-state index in [1.165, 1.54) is 10.9 Å². The first kappa shape index (κ1) is 13.3. The van der Waals surface area contributed by atoms with Crippen molar-refractivity contribution in [1.82, 2.24) is 19.5 Å². The van der Waals surface area contributed by atoms with Gasteiger partial charge in [0.15, 0.2) is 17.4 Å². The van der Waals surface area contributed by atoms with Crippen LogP contribution in [0.5, 0.6) is 0 Å². The quantitative estimate of drug-likeness (QED) is 0.498. The molecule has 0 spiro atoms. The standard InChI is InChI=1S/C10H12ClN5O4/c11-4-6(18)3(1-17)20-9(4)16-2-13-5-7(16)14-10(12)15-8(5)19/h2-4,6,9,17-18H,1H2,(H3,12,14,15,19)/t3-,4+,6-,9-/m1/s1. The van der Waals surface area contributed by atoms with Crippen LogP contribution < -0.4 is 11.3 Å². The predicted octanol–water partition coefficient (Wildman–Crippen LogP) is -1.44. The number of aromatic amines is 1. The van der Waals surface area contributed by atoms with Gasteiger partial charge in [0.05, 0.1) is 12.9 Å². The number of aliphatic hydroxyl groups is 2. The monoisotopic (exact) mass is 301 g/mol. The number of nitrogens with zero attached hydrogens (tertiary/aromatic N) is 3. The first-order valence-electron chi connectivity index (χ1n) is 5.83. The van der Waals surface area contributed by atoms with Crippen LogP contribution in [-0.2, 0) is 4.74 Å². The molecule has 1 saturated heterocycles. The Morgan fingerprint density at radius 2 is 2.35 bits per heavy atom. The van der Waals surface area contributed by atoms with Gasteiger partial charge in [-0.25, -0.2) is 4.98 Å². The van der Waals surface area contributed by atoms with Crippen molar-refractivity contribution >= 4 is 28.7 Å². The van der Waals surface area contributed by atoms with E-state index in [1.54, 1.807) is 0 Å². The van der Waals surface area contributed by atoms with Crippen LogP contribution in [0, 0.1) is 0 Å².